The highest BCUT2D eigenvalue weighted by atomic mass is 16.5. The number of hydrogen-bond donors (Lipinski definition) is 2. The summed E-state index contributed by atoms with van der Waals surface area (Å²) in [5.41, 5.74) is 2.19. The average molecular weight is 316 g/mol. The molecule has 0 unspecified atom stereocenters. The molecule has 1 amide bonds. The number of carbonyl (C=O) groups is 1. The fourth-order valence-electron chi connectivity index (χ4n) is 2.88. The van der Waals surface area contributed by atoms with E-state index in [2.05, 4.69) is 10.3 Å². The molecule has 0 aliphatic rings. The quantitative estimate of drug-likeness (QED) is 0.581. The smallest absolute Gasteiger partial charge is 0.272 e. The van der Waals surface area contributed by atoms with Crippen LogP contribution in [0.2, 0.25) is 0 Å². The molecule has 0 atom stereocenters. The molecule has 118 valence electrons. The summed E-state index contributed by atoms with van der Waals surface area (Å²) < 4.78 is 5.22. The summed E-state index contributed by atoms with van der Waals surface area (Å²) in [5.74, 6) is 0.590. The van der Waals surface area contributed by atoms with Crippen LogP contribution in [0.4, 0.5) is 5.69 Å². The van der Waals surface area contributed by atoms with Crippen LogP contribution >= 0.6 is 0 Å². The lowest BCUT2D eigenvalue weighted by atomic mass is 10.1. The van der Waals surface area contributed by atoms with Gasteiger partial charge >= 0.3 is 0 Å². The molecule has 4 rings (SSSR count). The van der Waals surface area contributed by atoms with Gasteiger partial charge in [0.2, 0.25) is 0 Å². The maximum Gasteiger partial charge on any atom is 0.272 e. The summed E-state index contributed by atoms with van der Waals surface area (Å²) in [7, 11) is 1.62. The third-order valence-corrected chi connectivity index (χ3v) is 4.11. The van der Waals surface area contributed by atoms with Gasteiger partial charge in [0.05, 0.1) is 7.11 Å². The molecule has 1 heterocycles. The Balaban J connectivity index is 1.68. The van der Waals surface area contributed by atoms with Gasteiger partial charge in [-0.25, -0.2) is 0 Å². The molecule has 3 aromatic carbocycles. The predicted molar refractivity (Wildman–Crippen MR) is 96.8 cm³/mol. The van der Waals surface area contributed by atoms with Crippen LogP contribution in [0.5, 0.6) is 5.75 Å². The highest BCUT2D eigenvalue weighted by Crippen LogP contribution is 2.25. The first-order valence-electron chi connectivity index (χ1n) is 7.70. The molecule has 4 aromatic rings. The molecule has 2 N–H and O–H groups in total. The van der Waals surface area contributed by atoms with Crippen LogP contribution in [0.15, 0.2) is 66.7 Å². The largest absolute Gasteiger partial charge is 0.497 e. The van der Waals surface area contributed by atoms with E-state index in [-0.39, 0.29) is 5.91 Å². The summed E-state index contributed by atoms with van der Waals surface area (Å²) in [6, 6.07) is 21.4. The van der Waals surface area contributed by atoms with E-state index < -0.39 is 0 Å². The zero-order valence-corrected chi connectivity index (χ0v) is 13.2. The molecule has 0 bridgehead atoms. The Morgan fingerprint density at radius 2 is 1.79 bits per heavy atom. The first kappa shape index (κ1) is 14.3. The number of amides is 1. The summed E-state index contributed by atoms with van der Waals surface area (Å²) in [6.07, 6.45) is 0. The van der Waals surface area contributed by atoms with E-state index in [0.29, 0.717) is 5.69 Å². The number of methoxy groups -OCH3 is 1. The Morgan fingerprint density at radius 1 is 0.958 bits per heavy atom. The Bertz CT molecular complexity index is 1040. The van der Waals surface area contributed by atoms with E-state index in [1.807, 2.05) is 66.7 Å². The van der Waals surface area contributed by atoms with E-state index >= 15 is 0 Å². The predicted octanol–water partition coefficient (Wildman–Crippen LogP) is 4.58. The van der Waals surface area contributed by atoms with Gasteiger partial charge in [-0.15, -0.1) is 0 Å². The molecule has 0 aliphatic carbocycles. The van der Waals surface area contributed by atoms with E-state index in [9.17, 15) is 4.79 Å². The maximum atomic E-state index is 12.6. The molecule has 4 heteroatoms. The number of fused-ring (bicyclic) bond motifs is 2. The van der Waals surface area contributed by atoms with E-state index in [1.165, 1.54) is 0 Å². The molecule has 0 saturated heterocycles. The maximum absolute atomic E-state index is 12.6. The number of aromatic amines is 1. The van der Waals surface area contributed by atoms with Crippen molar-refractivity contribution in [1.29, 1.82) is 0 Å². The second kappa shape index (κ2) is 5.74. The topological polar surface area (TPSA) is 54.1 Å². The van der Waals surface area contributed by atoms with Crippen LogP contribution < -0.4 is 10.1 Å². The van der Waals surface area contributed by atoms with Crippen molar-refractivity contribution in [3.63, 3.8) is 0 Å². The molecule has 4 nitrogen and oxygen atoms in total. The second-order valence-corrected chi connectivity index (χ2v) is 5.62. The second-order valence-electron chi connectivity index (χ2n) is 5.62. The van der Waals surface area contributed by atoms with Crippen LogP contribution in [0.1, 0.15) is 10.5 Å². The Morgan fingerprint density at radius 3 is 2.67 bits per heavy atom. The minimum absolute atomic E-state index is 0.165. The minimum Gasteiger partial charge on any atom is -0.497 e. The molecule has 0 aliphatic heterocycles. The summed E-state index contributed by atoms with van der Waals surface area (Å²) in [4.78, 5) is 15.8. The highest BCUT2D eigenvalue weighted by Gasteiger charge is 2.11. The van der Waals surface area contributed by atoms with Gasteiger partial charge in [0, 0.05) is 28.0 Å². The van der Waals surface area contributed by atoms with Crippen LogP contribution in [0, 0.1) is 0 Å². The lowest BCUT2D eigenvalue weighted by Crippen LogP contribution is -2.12. The zero-order valence-electron chi connectivity index (χ0n) is 13.2. The summed E-state index contributed by atoms with van der Waals surface area (Å²) in [5, 5.41) is 6.07. The van der Waals surface area contributed by atoms with Crippen molar-refractivity contribution < 1.29 is 9.53 Å². The third-order valence-electron chi connectivity index (χ3n) is 4.11. The van der Waals surface area contributed by atoms with Crippen LogP contribution in [-0.2, 0) is 0 Å². The van der Waals surface area contributed by atoms with Crippen molar-refractivity contribution in [3.8, 4) is 5.75 Å². The molecule has 0 spiro atoms. The molecular formula is C20H16N2O2. The highest BCUT2D eigenvalue weighted by molar-refractivity contribution is 6.10. The number of rotatable bonds is 3. The molecule has 24 heavy (non-hydrogen) atoms. The lowest BCUT2D eigenvalue weighted by Gasteiger charge is -2.07. The first-order valence-corrected chi connectivity index (χ1v) is 7.70. The van der Waals surface area contributed by atoms with Gasteiger partial charge in [0.15, 0.2) is 0 Å². The molecule has 1 aromatic heterocycles. The standard InChI is InChI=1S/C20H16N2O2/c1-24-15-10-9-14-11-19(21-18(14)12-15)20(23)22-17-8-4-6-13-5-2-3-7-16(13)17/h2-12,21H,1H3,(H,22,23). The van der Waals surface area contributed by atoms with Crippen LogP contribution in [-0.4, -0.2) is 18.0 Å². The number of hydrogen-bond acceptors (Lipinski definition) is 2. The number of aromatic nitrogens is 1. The van der Waals surface area contributed by atoms with Crippen molar-refractivity contribution in [3.05, 3.63) is 72.4 Å². The number of anilines is 1. The summed E-state index contributed by atoms with van der Waals surface area (Å²) >= 11 is 0. The Kier molecular flexibility index (Phi) is 3.43. The normalized spacial score (nSPS) is 10.9. The van der Waals surface area contributed by atoms with Gasteiger partial charge in [-0.1, -0.05) is 36.4 Å². The number of carbonyl (C=O) groups excluding carboxylic acids is 1. The van der Waals surface area contributed by atoms with Crippen molar-refractivity contribution >= 4 is 33.3 Å². The van der Waals surface area contributed by atoms with E-state index in [0.717, 1.165) is 33.1 Å². The van der Waals surface area contributed by atoms with Crippen molar-refractivity contribution in [2.24, 2.45) is 0 Å². The molecule has 0 fully saturated rings. The van der Waals surface area contributed by atoms with Gasteiger partial charge < -0.3 is 15.0 Å². The Labute approximate surface area is 139 Å². The fraction of sp³-hybridized carbons (Fsp3) is 0.0500. The van der Waals surface area contributed by atoms with Crippen LogP contribution in [0.25, 0.3) is 21.7 Å². The molecule has 0 radical (unpaired) electrons. The molecule has 0 saturated carbocycles. The number of benzene rings is 3. The monoisotopic (exact) mass is 316 g/mol. The SMILES string of the molecule is COc1ccc2cc(C(=O)Nc3cccc4ccccc34)[nH]c2c1. The number of nitrogens with one attached hydrogen (secondary N) is 2. The molecular weight excluding hydrogens is 300 g/mol. The van der Waals surface area contributed by atoms with Crippen LogP contribution in [0.3, 0.4) is 0 Å². The third kappa shape index (κ3) is 2.48. The number of H-pyrrole nitrogens is 1. The Hall–Kier alpha value is -3.27. The minimum atomic E-state index is -0.165. The average Bonchev–Trinajstić information content (AvgIpc) is 3.05. The fourth-order valence-corrected chi connectivity index (χ4v) is 2.88. The van der Waals surface area contributed by atoms with Gasteiger partial charge in [-0.3, -0.25) is 4.79 Å². The van der Waals surface area contributed by atoms with Gasteiger partial charge in [-0.2, -0.15) is 0 Å². The van der Waals surface area contributed by atoms with Gasteiger partial charge in [-0.05, 0) is 29.7 Å². The van der Waals surface area contributed by atoms with Crippen molar-refractivity contribution in [2.75, 3.05) is 12.4 Å². The van der Waals surface area contributed by atoms with Crippen molar-refractivity contribution in [1.82, 2.24) is 4.98 Å². The zero-order chi connectivity index (χ0) is 16.5. The van der Waals surface area contributed by atoms with Gasteiger partial charge in [0.25, 0.3) is 5.91 Å². The van der Waals surface area contributed by atoms with E-state index in [4.69, 9.17) is 4.74 Å². The first-order chi connectivity index (χ1) is 11.7. The number of ether oxygens (including phenoxy) is 1. The van der Waals surface area contributed by atoms with Gasteiger partial charge in [0.1, 0.15) is 11.4 Å². The van der Waals surface area contributed by atoms with Crippen molar-refractivity contribution in [2.45, 2.75) is 0 Å². The summed E-state index contributed by atoms with van der Waals surface area (Å²) in [6.45, 7) is 0. The lowest BCUT2D eigenvalue weighted by molar-refractivity contribution is 0.102. The van der Waals surface area contributed by atoms with E-state index in [1.54, 1.807) is 7.11 Å².